The second-order valence-electron chi connectivity index (χ2n) is 4.64. The number of benzene rings is 1. The Labute approximate surface area is 114 Å². The average molecular weight is 280 g/mol. The number of ketones is 1. The molecular weight excluding hydrogens is 266 g/mol. The highest BCUT2D eigenvalue weighted by atomic mass is 19.3. The zero-order valence-electron chi connectivity index (χ0n) is 11.2. The van der Waals surface area contributed by atoms with Crippen LogP contribution < -0.4 is 0 Å². The molecule has 106 valence electrons. The Bertz CT molecular complexity index is 623. The summed E-state index contributed by atoms with van der Waals surface area (Å²) in [5.41, 5.74) is 3.34. The summed E-state index contributed by atoms with van der Waals surface area (Å²) in [6.07, 6.45) is -3.10. The minimum Gasteiger partial charge on any atom is -0.339 e. The van der Waals surface area contributed by atoms with Crippen molar-refractivity contribution < 1.29 is 18.1 Å². The number of aryl methyl sites for hydroxylation is 2. The lowest BCUT2D eigenvalue weighted by atomic mass is 10.0. The summed E-state index contributed by atoms with van der Waals surface area (Å²) in [7, 11) is 0. The quantitative estimate of drug-likeness (QED) is 0.845. The third-order valence-corrected chi connectivity index (χ3v) is 3.01. The number of aromatic nitrogens is 2. The van der Waals surface area contributed by atoms with E-state index in [1.165, 1.54) is 5.56 Å². The first-order valence-electron chi connectivity index (χ1n) is 6.14. The number of alkyl halides is 2. The fraction of sp³-hybridized carbons (Fsp3) is 0.357. The zero-order valence-corrected chi connectivity index (χ0v) is 11.2. The van der Waals surface area contributed by atoms with Crippen LogP contribution in [0.1, 0.15) is 28.4 Å². The first-order valence-corrected chi connectivity index (χ1v) is 6.14. The summed E-state index contributed by atoms with van der Waals surface area (Å²) in [4.78, 5) is 14.8. The van der Waals surface area contributed by atoms with Crippen LogP contribution in [0, 0.1) is 13.8 Å². The van der Waals surface area contributed by atoms with Crippen molar-refractivity contribution in [1.29, 1.82) is 0 Å². The van der Waals surface area contributed by atoms with Gasteiger partial charge in [-0.1, -0.05) is 23.4 Å². The maximum absolute atomic E-state index is 12.1. The van der Waals surface area contributed by atoms with Gasteiger partial charge in [0.2, 0.25) is 11.7 Å². The van der Waals surface area contributed by atoms with Crippen LogP contribution in [0.15, 0.2) is 22.7 Å². The molecule has 0 atom stereocenters. The monoisotopic (exact) mass is 280 g/mol. The summed E-state index contributed by atoms with van der Waals surface area (Å²) in [5.74, 6) is -0.911. The van der Waals surface area contributed by atoms with Crippen LogP contribution in [0.25, 0.3) is 0 Å². The molecule has 0 aliphatic carbocycles. The van der Waals surface area contributed by atoms with Crippen molar-refractivity contribution in [3.8, 4) is 0 Å². The number of carbonyl (C=O) groups is 1. The molecule has 2 aromatic rings. The normalized spacial score (nSPS) is 11.1. The number of halogens is 2. The number of rotatable bonds is 5. The Hall–Kier alpha value is -2.11. The first kappa shape index (κ1) is 14.3. The van der Waals surface area contributed by atoms with E-state index in [1.54, 1.807) is 0 Å². The lowest BCUT2D eigenvalue weighted by Gasteiger charge is -2.02. The second kappa shape index (κ2) is 5.90. The number of Topliss-reactive ketones (excluding diaryl/α,β-unsaturated/α-hetero) is 1. The Balaban J connectivity index is 2.05. The van der Waals surface area contributed by atoms with Crippen molar-refractivity contribution in [3.05, 3.63) is 46.6 Å². The predicted octanol–water partition coefficient (Wildman–Crippen LogP) is 2.65. The maximum Gasteiger partial charge on any atom is 0.296 e. The third kappa shape index (κ3) is 3.46. The van der Waals surface area contributed by atoms with Crippen LogP contribution in [-0.4, -0.2) is 22.3 Å². The van der Waals surface area contributed by atoms with Gasteiger partial charge in [-0.15, -0.1) is 0 Å². The van der Waals surface area contributed by atoms with Crippen molar-refractivity contribution in [2.24, 2.45) is 0 Å². The SMILES string of the molecule is Cc1ccc(Cc2noc(CC(=O)C(F)F)n2)cc1C. The highest BCUT2D eigenvalue weighted by Gasteiger charge is 2.19. The van der Waals surface area contributed by atoms with E-state index in [-0.39, 0.29) is 5.89 Å². The summed E-state index contributed by atoms with van der Waals surface area (Å²) in [6, 6.07) is 5.95. The van der Waals surface area contributed by atoms with E-state index in [4.69, 9.17) is 4.52 Å². The molecule has 0 aliphatic heterocycles. The molecule has 0 saturated carbocycles. The number of hydrogen-bond donors (Lipinski definition) is 0. The van der Waals surface area contributed by atoms with E-state index in [9.17, 15) is 13.6 Å². The van der Waals surface area contributed by atoms with Gasteiger partial charge < -0.3 is 4.52 Å². The molecule has 1 heterocycles. The summed E-state index contributed by atoms with van der Waals surface area (Å²) < 4.78 is 29.0. The number of hydrogen-bond acceptors (Lipinski definition) is 4. The Kier molecular flexibility index (Phi) is 4.22. The molecule has 6 heteroatoms. The summed E-state index contributed by atoms with van der Waals surface area (Å²) in [5, 5.41) is 3.69. The summed E-state index contributed by atoms with van der Waals surface area (Å²) >= 11 is 0. The molecule has 0 unspecified atom stereocenters. The molecule has 20 heavy (non-hydrogen) atoms. The average Bonchev–Trinajstić information content (AvgIpc) is 2.81. The molecule has 0 bridgehead atoms. The van der Waals surface area contributed by atoms with Crippen LogP contribution >= 0.6 is 0 Å². The fourth-order valence-corrected chi connectivity index (χ4v) is 1.76. The van der Waals surface area contributed by atoms with Gasteiger partial charge in [0, 0.05) is 6.42 Å². The van der Waals surface area contributed by atoms with E-state index in [0.29, 0.717) is 12.2 Å². The van der Waals surface area contributed by atoms with E-state index < -0.39 is 18.6 Å². The molecular formula is C14H14F2N2O2. The van der Waals surface area contributed by atoms with Gasteiger partial charge in [0.15, 0.2) is 5.82 Å². The minimum atomic E-state index is -3.01. The van der Waals surface area contributed by atoms with E-state index in [2.05, 4.69) is 10.1 Å². The van der Waals surface area contributed by atoms with Crippen molar-refractivity contribution >= 4 is 5.78 Å². The topological polar surface area (TPSA) is 56.0 Å². The molecule has 1 aromatic carbocycles. The zero-order chi connectivity index (χ0) is 14.7. The Morgan fingerprint density at radius 3 is 2.70 bits per heavy atom. The number of nitrogens with zero attached hydrogens (tertiary/aromatic N) is 2. The molecule has 0 amide bonds. The van der Waals surface area contributed by atoms with Crippen LogP contribution in [-0.2, 0) is 17.6 Å². The van der Waals surface area contributed by atoms with Gasteiger partial charge >= 0.3 is 0 Å². The van der Waals surface area contributed by atoms with Crippen LogP contribution in [0.4, 0.5) is 8.78 Å². The van der Waals surface area contributed by atoms with Gasteiger partial charge in [-0.3, -0.25) is 4.79 Å². The molecule has 0 aliphatic rings. The molecule has 0 spiro atoms. The second-order valence-corrected chi connectivity index (χ2v) is 4.64. The van der Waals surface area contributed by atoms with Gasteiger partial charge in [0.05, 0.1) is 6.42 Å². The van der Waals surface area contributed by atoms with Crippen molar-refractivity contribution in [3.63, 3.8) is 0 Å². The molecule has 1 aromatic heterocycles. The third-order valence-electron chi connectivity index (χ3n) is 3.01. The molecule has 0 radical (unpaired) electrons. The number of carbonyl (C=O) groups excluding carboxylic acids is 1. The highest BCUT2D eigenvalue weighted by molar-refractivity contribution is 5.82. The van der Waals surface area contributed by atoms with Crippen LogP contribution in [0.5, 0.6) is 0 Å². The predicted molar refractivity (Wildman–Crippen MR) is 67.7 cm³/mol. The lowest BCUT2D eigenvalue weighted by molar-refractivity contribution is -0.129. The standard InChI is InChI=1S/C14H14F2N2O2/c1-8-3-4-10(5-9(8)2)6-12-17-13(20-18-12)7-11(19)14(15)16/h3-5,14H,6-7H2,1-2H3. The largest absolute Gasteiger partial charge is 0.339 e. The molecule has 0 fully saturated rings. The van der Waals surface area contributed by atoms with E-state index in [1.807, 2.05) is 32.0 Å². The molecule has 4 nitrogen and oxygen atoms in total. The fourth-order valence-electron chi connectivity index (χ4n) is 1.76. The molecule has 0 N–H and O–H groups in total. The van der Waals surface area contributed by atoms with Crippen molar-refractivity contribution in [2.75, 3.05) is 0 Å². The Morgan fingerprint density at radius 1 is 1.30 bits per heavy atom. The van der Waals surface area contributed by atoms with Crippen molar-refractivity contribution in [2.45, 2.75) is 33.1 Å². The first-order chi connectivity index (χ1) is 9.45. The Morgan fingerprint density at radius 2 is 2.05 bits per heavy atom. The van der Waals surface area contributed by atoms with Gasteiger partial charge in [-0.2, -0.15) is 4.98 Å². The van der Waals surface area contributed by atoms with E-state index >= 15 is 0 Å². The van der Waals surface area contributed by atoms with Crippen molar-refractivity contribution in [1.82, 2.24) is 10.1 Å². The lowest BCUT2D eigenvalue weighted by Crippen LogP contribution is -2.13. The van der Waals surface area contributed by atoms with Gasteiger partial charge in [-0.25, -0.2) is 8.78 Å². The molecule has 0 saturated heterocycles. The van der Waals surface area contributed by atoms with E-state index in [0.717, 1.165) is 11.1 Å². The summed E-state index contributed by atoms with van der Waals surface area (Å²) in [6.45, 7) is 4.02. The minimum absolute atomic E-state index is 0.0749. The van der Waals surface area contributed by atoms with Gasteiger partial charge in [0.25, 0.3) is 6.43 Å². The van der Waals surface area contributed by atoms with Crippen LogP contribution in [0.3, 0.4) is 0 Å². The van der Waals surface area contributed by atoms with Crippen LogP contribution in [0.2, 0.25) is 0 Å². The van der Waals surface area contributed by atoms with Gasteiger partial charge in [0.1, 0.15) is 0 Å². The molecule has 2 rings (SSSR count). The van der Waals surface area contributed by atoms with Gasteiger partial charge in [-0.05, 0) is 30.5 Å². The maximum atomic E-state index is 12.1. The highest BCUT2D eigenvalue weighted by Crippen LogP contribution is 2.13. The smallest absolute Gasteiger partial charge is 0.296 e.